The molecule has 1 heterocycles. The number of primary sulfonamides is 1. The van der Waals surface area contributed by atoms with Crippen LogP contribution in [0.5, 0.6) is 0 Å². The molecule has 9 heteroatoms. The Morgan fingerprint density at radius 1 is 1.62 bits per heavy atom. The van der Waals surface area contributed by atoms with Crippen molar-refractivity contribution in [2.45, 2.75) is 6.54 Å². The molecular weight excluding hydrogens is 236 g/mol. The number of esters is 1. The Bertz CT molecular complexity index is 492. The molecule has 16 heavy (non-hydrogen) atoms. The summed E-state index contributed by atoms with van der Waals surface area (Å²) in [6, 6.07) is 0. The first-order chi connectivity index (χ1) is 7.35. The fourth-order valence-corrected chi connectivity index (χ4v) is 1.50. The average Bonchev–Trinajstić information content (AvgIpc) is 2.55. The molecule has 1 rings (SSSR count). The van der Waals surface area contributed by atoms with Crippen LogP contribution in [-0.2, 0) is 21.3 Å². The maximum atomic E-state index is 11.1. The lowest BCUT2D eigenvalue weighted by Gasteiger charge is -2.03. The maximum absolute atomic E-state index is 11.1. The van der Waals surface area contributed by atoms with Gasteiger partial charge in [0.15, 0.2) is 5.69 Å². The molecule has 90 valence electrons. The number of imidazole rings is 1. The first kappa shape index (κ1) is 12.5. The standard InChI is InChI=1S/C7H12N4O4S/c1-15-7(12)5-6(8)11(4-10-5)2-3-16(9,13)14/h4H,2-3,8H2,1H3,(H2,9,13,14). The maximum Gasteiger partial charge on any atom is 0.360 e. The largest absolute Gasteiger partial charge is 0.464 e. The van der Waals surface area contributed by atoms with Crippen LogP contribution in [0.2, 0.25) is 0 Å². The van der Waals surface area contributed by atoms with Gasteiger partial charge in [-0.15, -0.1) is 0 Å². The van der Waals surface area contributed by atoms with E-state index in [9.17, 15) is 13.2 Å². The monoisotopic (exact) mass is 248 g/mol. The number of ether oxygens (including phenoxy) is 1. The quantitative estimate of drug-likeness (QED) is 0.626. The molecule has 4 N–H and O–H groups in total. The molecule has 0 bridgehead atoms. The summed E-state index contributed by atoms with van der Waals surface area (Å²) < 4.78 is 27.2. The number of hydrogen-bond acceptors (Lipinski definition) is 6. The van der Waals surface area contributed by atoms with E-state index in [4.69, 9.17) is 10.9 Å². The van der Waals surface area contributed by atoms with E-state index in [0.29, 0.717) is 0 Å². The minimum atomic E-state index is -3.58. The summed E-state index contributed by atoms with van der Waals surface area (Å²) in [6.45, 7) is 0.0364. The zero-order chi connectivity index (χ0) is 12.3. The molecule has 0 spiro atoms. The predicted octanol–water partition coefficient (Wildman–Crippen LogP) is -1.46. The summed E-state index contributed by atoms with van der Waals surface area (Å²) in [5.41, 5.74) is 5.53. The SMILES string of the molecule is COC(=O)c1ncn(CCS(N)(=O)=O)c1N. The van der Waals surface area contributed by atoms with Gasteiger partial charge >= 0.3 is 5.97 Å². The van der Waals surface area contributed by atoms with Gasteiger partial charge in [-0.3, -0.25) is 0 Å². The second kappa shape index (κ2) is 4.49. The van der Waals surface area contributed by atoms with Gasteiger partial charge in [-0.05, 0) is 0 Å². The van der Waals surface area contributed by atoms with Crippen molar-refractivity contribution in [3.05, 3.63) is 12.0 Å². The second-order valence-corrected chi connectivity index (χ2v) is 4.76. The Labute approximate surface area is 92.2 Å². The number of carbonyl (C=O) groups excluding carboxylic acids is 1. The molecule has 0 saturated carbocycles. The summed E-state index contributed by atoms with van der Waals surface area (Å²) in [5, 5.41) is 4.83. The van der Waals surface area contributed by atoms with Crippen molar-refractivity contribution in [3.8, 4) is 0 Å². The summed E-state index contributed by atoms with van der Waals surface area (Å²) in [6.07, 6.45) is 1.26. The Kier molecular flexibility index (Phi) is 3.50. The van der Waals surface area contributed by atoms with Crippen molar-refractivity contribution in [1.82, 2.24) is 9.55 Å². The first-order valence-corrected chi connectivity index (χ1v) is 5.96. The minimum absolute atomic E-state index is 0.0364. The summed E-state index contributed by atoms with van der Waals surface area (Å²) in [5.74, 6) is -0.906. The van der Waals surface area contributed by atoms with Crippen molar-refractivity contribution in [3.63, 3.8) is 0 Å². The van der Waals surface area contributed by atoms with E-state index in [0.717, 1.165) is 0 Å². The highest BCUT2D eigenvalue weighted by Gasteiger charge is 2.16. The predicted molar refractivity (Wildman–Crippen MR) is 56.0 cm³/mol. The second-order valence-electron chi connectivity index (χ2n) is 3.03. The third kappa shape index (κ3) is 2.94. The smallest absolute Gasteiger partial charge is 0.360 e. The summed E-state index contributed by atoms with van der Waals surface area (Å²) in [4.78, 5) is 14.8. The molecule has 0 aliphatic heterocycles. The summed E-state index contributed by atoms with van der Waals surface area (Å²) in [7, 11) is -2.38. The molecule has 0 aliphatic carbocycles. The van der Waals surface area contributed by atoms with Crippen LogP contribution in [0.15, 0.2) is 6.33 Å². The van der Waals surface area contributed by atoms with Crippen LogP contribution in [0.25, 0.3) is 0 Å². The van der Waals surface area contributed by atoms with Crippen molar-refractivity contribution >= 4 is 21.8 Å². The number of nitrogen functional groups attached to an aromatic ring is 1. The molecule has 1 aromatic heterocycles. The normalized spacial score (nSPS) is 11.4. The highest BCUT2D eigenvalue weighted by Crippen LogP contribution is 2.10. The number of carbonyl (C=O) groups is 1. The Morgan fingerprint density at radius 3 is 2.75 bits per heavy atom. The molecule has 0 aliphatic rings. The Morgan fingerprint density at radius 2 is 2.25 bits per heavy atom. The molecule has 0 unspecified atom stereocenters. The number of nitrogens with zero attached hydrogens (tertiary/aromatic N) is 2. The van der Waals surface area contributed by atoms with E-state index < -0.39 is 16.0 Å². The van der Waals surface area contributed by atoms with Gasteiger partial charge in [-0.1, -0.05) is 0 Å². The van der Waals surface area contributed by atoms with E-state index >= 15 is 0 Å². The minimum Gasteiger partial charge on any atom is -0.464 e. The topological polar surface area (TPSA) is 130 Å². The van der Waals surface area contributed by atoms with Gasteiger partial charge in [0.05, 0.1) is 19.2 Å². The fourth-order valence-electron chi connectivity index (χ4n) is 1.05. The number of rotatable bonds is 4. The van der Waals surface area contributed by atoms with E-state index in [1.807, 2.05) is 0 Å². The van der Waals surface area contributed by atoms with Crippen LogP contribution in [0, 0.1) is 0 Å². The molecule has 0 amide bonds. The van der Waals surface area contributed by atoms with Gasteiger partial charge in [-0.2, -0.15) is 0 Å². The van der Waals surface area contributed by atoms with Crippen LogP contribution in [-0.4, -0.2) is 36.8 Å². The number of nitrogens with two attached hydrogens (primary N) is 2. The number of hydrogen-bond donors (Lipinski definition) is 2. The molecule has 0 atom stereocenters. The Balaban J connectivity index is 2.84. The molecule has 0 radical (unpaired) electrons. The zero-order valence-electron chi connectivity index (χ0n) is 8.58. The zero-order valence-corrected chi connectivity index (χ0v) is 9.40. The lowest BCUT2D eigenvalue weighted by atomic mass is 10.4. The van der Waals surface area contributed by atoms with Gasteiger partial charge in [0.25, 0.3) is 0 Å². The van der Waals surface area contributed by atoms with Crippen LogP contribution < -0.4 is 10.9 Å². The van der Waals surface area contributed by atoms with E-state index in [-0.39, 0.29) is 23.8 Å². The van der Waals surface area contributed by atoms with E-state index in [2.05, 4.69) is 9.72 Å². The van der Waals surface area contributed by atoms with Gasteiger partial charge in [0, 0.05) is 6.54 Å². The van der Waals surface area contributed by atoms with E-state index in [1.54, 1.807) is 0 Å². The Hall–Kier alpha value is -1.61. The van der Waals surface area contributed by atoms with Crippen LogP contribution in [0.1, 0.15) is 10.5 Å². The molecule has 0 fully saturated rings. The van der Waals surface area contributed by atoms with E-state index in [1.165, 1.54) is 18.0 Å². The number of anilines is 1. The number of aryl methyl sites for hydroxylation is 1. The molecule has 8 nitrogen and oxygen atoms in total. The molecule has 0 aromatic carbocycles. The lowest BCUT2D eigenvalue weighted by molar-refractivity contribution is 0.0596. The third-order valence-electron chi connectivity index (χ3n) is 1.87. The van der Waals surface area contributed by atoms with Crippen molar-refractivity contribution in [2.75, 3.05) is 18.6 Å². The highest BCUT2D eigenvalue weighted by atomic mass is 32.2. The van der Waals surface area contributed by atoms with Crippen LogP contribution in [0.4, 0.5) is 5.82 Å². The number of aromatic nitrogens is 2. The van der Waals surface area contributed by atoms with Crippen LogP contribution in [0.3, 0.4) is 0 Å². The summed E-state index contributed by atoms with van der Waals surface area (Å²) >= 11 is 0. The van der Waals surface area contributed by atoms with Gasteiger partial charge < -0.3 is 15.0 Å². The van der Waals surface area contributed by atoms with Crippen LogP contribution >= 0.6 is 0 Å². The number of methoxy groups -OCH3 is 1. The fraction of sp³-hybridized carbons (Fsp3) is 0.429. The van der Waals surface area contributed by atoms with Crippen molar-refractivity contribution < 1.29 is 17.9 Å². The van der Waals surface area contributed by atoms with Crippen molar-refractivity contribution in [2.24, 2.45) is 5.14 Å². The van der Waals surface area contributed by atoms with Gasteiger partial charge in [0.2, 0.25) is 10.0 Å². The first-order valence-electron chi connectivity index (χ1n) is 4.24. The van der Waals surface area contributed by atoms with Gasteiger partial charge in [-0.25, -0.2) is 23.3 Å². The molecule has 1 aromatic rings. The van der Waals surface area contributed by atoms with Gasteiger partial charge in [0.1, 0.15) is 5.82 Å². The lowest BCUT2D eigenvalue weighted by Crippen LogP contribution is -2.21. The average molecular weight is 248 g/mol. The third-order valence-corrected chi connectivity index (χ3v) is 2.63. The molecule has 0 saturated heterocycles. The van der Waals surface area contributed by atoms with Crippen molar-refractivity contribution in [1.29, 1.82) is 0 Å². The number of sulfonamides is 1. The molecular formula is C7H12N4O4S. The highest BCUT2D eigenvalue weighted by molar-refractivity contribution is 7.89.